The maximum absolute atomic E-state index is 13.7. The largest absolute Gasteiger partial charge is 0.497 e. The minimum absolute atomic E-state index is 0.107. The highest BCUT2D eigenvalue weighted by Crippen LogP contribution is 2.46. The zero-order valence-electron chi connectivity index (χ0n) is 22.9. The summed E-state index contributed by atoms with van der Waals surface area (Å²) < 4.78 is 27.1. The van der Waals surface area contributed by atoms with Gasteiger partial charge in [-0.25, -0.2) is 0 Å². The zero-order chi connectivity index (χ0) is 27.9. The summed E-state index contributed by atoms with van der Waals surface area (Å²) in [6.07, 6.45) is 0.620. The SMILES string of the molecule is COc1ccc(CNC(=O)[C@@H]2CCC(=O)N(c3cc(OC)c(OC)c(OC)c3)[C@@H]2c2ccc(OC)cc2)cc1. The van der Waals surface area contributed by atoms with Crippen LogP contribution in [0.15, 0.2) is 60.7 Å². The van der Waals surface area contributed by atoms with E-state index in [9.17, 15) is 9.59 Å². The first-order valence-electron chi connectivity index (χ1n) is 12.6. The molecule has 2 atom stereocenters. The molecule has 2 amide bonds. The predicted octanol–water partition coefficient (Wildman–Crippen LogP) is 4.53. The number of methoxy groups -OCH3 is 5. The monoisotopic (exact) mass is 534 g/mol. The lowest BCUT2D eigenvalue weighted by molar-refractivity contribution is -0.129. The lowest BCUT2D eigenvalue weighted by Crippen LogP contribution is -2.48. The van der Waals surface area contributed by atoms with E-state index in [-0.39, 0.29) is 18.2 Å². The van der Waals surface area contributed by atoms with Gasteiger partial charge in [0.2, 0.25) is 17.6 Å². The maximum atomic E-state index is 13.7. The predicted molar refractivity (Wildman–Crippen MR) is 147 cm³/mol. The molecule has 3 aromatic rings. The van der Waals surface area contributed by atoms with E-state index < -0.39 is 12.0 Å². The van der Waals surface area contributed by atoms with Crippen molar-refractivity contribution < 1.29 is 33.3 Å². The van der Waals surface area contributed by atoms with Gasteiger partial charge in [0.1, 0.15) is 11.5 Å². The van der Waals surface area contributed by atoms with Crippen molar-refractivity contribution in [3.8, 4) is 28.7 Å². The molecule has 0 unspecified atom stereocenters. The van der Waals surface area contributed by atoms with E-state index in [2.05, 4.69) is 5.32 Å². The molecule has 206 valence electrons. The third-order valence-corrected chi connectivity index (χ3v) is 6.94. The van der Waals surface area contributed by atoms with Crippen molar-refractivity contribution in [3.05, 3.63) is 71.8 Å². The third kappa shape index (κ3) is 5.87. The van der Waals surface area contributed by atoms with Gasteiger partial charge in [-0.3, -0.25) is 9.59 Å². The minimum atomic E-state index is -0.573. The first-order chi connectivity index (χ1) is 18.9. The van der Waals surface area contributed by atoms with Gasteiger partial charge in [-0.1, -0.05) is 24.3 Å². The Labute approximate surface area is 228 Å². The molecule has 1 N–H and O–H groups in total. The van der Waals surface area contributed by atoms with E-state index in [1.807, 2.05) is 48.5 Å². The van der Waals surface area contributed by atoms with Crippen molar-refractivity contribution in [1.82, 2.24) is 5.32 Å². The number of carbonyl (C=O) groups excluding carboxylic acids is 2. The first-order valence-corrected chi connectivity index (χ1v) is 12.6. The van der Waals surface area contributed by atoms with Crippen LogP contribution in [0.4, 0.5) is 5.69 Å². The normalized spacial score (nSPS) is 16.8. The lowest BCUT2D eigenvalue weighted by Gasteiger charge is -2.41. The van der Waals surface area contributed by atoms with Gasteiger partial charge in [0.25, 0.3) is 0 Å². The highest BCUT2D eigenvalue weighted by atomic mass is 16.5. The molecule has 1 fully saturated rings. The molecule has 1 heterocycles. The molecule has 0 aromatic heterocycles. The number of benzene rings is 3. The van der Waals surface area contributed by atoms with Crippen LogP contribution in [0.3, 0.4) is 0 Å². The molecule has 0 bridgehead atoms. The van der Waals surface area contributed by atoms with E-state index >= 15 is 0 Å². The molecule has 9 nitrogen and oxygen atoms in total. The number of piperidine rings is 1. The quantitative estimate of drug-likeness (QED) is 0.408. The summed E-state index contributed by atoms with van der Waals surface area (Å²) in [6, 6.07) is 17.8. The summed E-state index contributed by atoms with van der Waals surface area (Å²) in [6.45, 7) is 0.354. The molecule has 1 aliphatic rings. The average Bonchev–Trinajstić information content (AvgIpc) is 2.99. The summed E-state index contributed by atoms with van der Waals surface area (Å²) >= 11 is 0. The second-order valence-corrected chi connectivity index (χ2v) is 9.08. The standard InChI is InChI=1S/C30H34N2O7/c1-35-22-10-6-19(7-11-22)18-31-30(34)24-14-15-27(33)32(28(24)20-8-12-23(36-2)13-9-20)21-16-25(37-3)29(39-5)26(17-21)38-4/h6-13,16-17,24,28H,14-15,18H2,1-5H3,(H,31,34)/t24-,28-/m1/s1. The van der Waals surface area contributed by atoms with Crippen molar-refractivity contribution in [2.45, 2.75) is 25.4 Å². The fourth-order valence-electron chi connectivity index (χ4n) is 4.92. The molecule has 1 saturated heterocycles. The lowest BCUT2D eigenvalue weighted by atomic mass is 9.83. The van der Waals surface area contributed by atoms with Gasteiger partial charge >= 0.3 is 0 Å². The molecule has 9 heteroatoms. The fourth-order valence-corrected chi connectivity index (χ4v) is 4.92. The second kappa shape index (κ2) is 12.4. The van der Waals surface area contributed by atoms with Crippen LogP contribution in [-0.4, -0.2) is 47.4 Å². The van der Waals surface area contributed by atoms with E-state index in [4.69, 9.17) is 23.7 Å². The topological polar surface area (TPSA) is 95.6 Å². The van der Waals surface area contributed by atoms with Crippen molar-refractivity contribution in [2.24, 2.45) is 5.92 Å². The van der Waals surface area contributed by atoms with Crippen LogP contribution in [0.25, 0.3) is 0 Å². The van der Waals surface area contributed by atoms with Crippen LogP contribution in [0.2, 0.25) is 0 Å². The minimum Gasteiger partial charge on any atom is -0.497 e. The van der Waals surface area contributed by atoms with Crippen molar-refractivity contribution in [3.63, 3.8) is 0 Å². The Morgan fingerprint density at radius 2 is 1.38 bits per heavy atom. The molecule has 0 radical (unpaired) electrons. The summed E-state index contributed by atoms with van der Waals surface area (Å²) in [4.78, 5) is 28.8. The molecular formula is C30H34N2O7. The fraction of sp³-hybridized carbons (Fsp3) is 0.333. The number of anilines is 1. The van der Waals surface area contributed by atoms with E-state index in [0.29, 0.717) is 41.7 Å². The van der Waals surface area contributed by atoms with Gasteiger partial charge < -0.3 is 33.9 Å². The Morgan fingerprint density at radius 1 is 0.821 bits per heavy atom. The number of nitrogens with zero attached hydrogens (tertiary/aromatic N) is 1. The maximum Gasteiger partial charge on any atom is 0.227 e. The van der Waals surface area contributed by atoms with Crippen LogP contribution in [0, 0.1) is 5.92 Å². The number of hydrogen-bond acceptors (Lipinski definition) is 7. The molecule has 1 aliphatic heterocycles. The smallest absolute Gasteiger partial charge is 0.227 e. The highest BCUT2D eigenvalue weighted by molar-refractivity contribution is 5.98. The molecule has 0 spiro atoms. The van der Waals surface area contributed by atoms with Crippen LogP contribution in [0.1, 0.15) is 30.0 Å². The average molecular weight is 535 g/mol. The summed E-state index contributed by atoms with van der Waals surface area (Å²) in [5.74, 6) is 1.92. The molecule has 3 aromatic carbocycles. The van der Waals surface area contributed by atoms with Crippen molar-refractivity contribution >= 4 is 17.5 Å². The number of hydrogen-bond donors (Lipinski definition) is 1. The van der Waals surface area contributed by atoms with Crippen LogP contribution in [0.5, 0.6) is 28.7 Å². The zero-order valence-corrected chi connectivity index (χ0v) is 22.9. The number of rotatable bonds is 10. The van der Waals surface area contributed by atoms with E-state index in [1.165, 1.54) is 21.3 Å². The van der Waals surface area contributed by atoms with E-state index in [1.54, 1.807) is 31.3 Å². The second-order valence-electron chi connectivity index (χ2n) is 9.08. The molecule has 4 rings (SSSR count). The van der Waals surface area contributed by atoms with Gasteiger partial charge in [0, 0.05) is 25.1 Å². The Bertz CT molecular complexity index is 1270. The first kappa shape index (κ1) is 27.6. The van der Waals surface area contributed by atoms with Crippen LogP contribution >= 0.6 is 0 Å². The summed E-state index contributed by atoms with van der Waals surface area (Å²) in [5, 5.41) is 3.07. The number of nitrogens with one attached hydrogen (secondary N) is 1. The van der Waals surface area contributed by atoms with Crippen LogP contribution < -0.4 is 33.9 Å². The summed E-state index contributed by atoms with van der Waals surface area (Å²) in [5.41, 5.74) is 2.30. The molecular weight excluding hydrogens is 500 g/mol. The molecule has 39 heavy (non-hydrogen) atoms. The van der Waals surface area contributed by atoms with Gasteiger partial charge in [-0.15, -0.1) is 0 Å². The molecule has 0 aliphatic carbocycles. The third-order valence-electron chi connectivity index (χ3n) is 6.94. The summed E-state index contributed by atoms with van der Waals surface area (Å²) in [7, 11) is 7.78. The number of carbonyl (C=O) groups is 2. The van der Waals surface area contributed by atoms with Gasteiger partial charge in [0.15, 0.2) is 11.5 Å². The van der Waals surface area contributed by atoms with Gasteiger partial charge in [-0.2, -0.15) is 0 Å². The number of amides is 2. The van der Waals surface area contributed by atoms with Crippen molar-refractivity contribution in [2.75, 3.05) is 40.4 Å². The highest BCUT2D eigenvalue weighted by Gasteiger charge is 2.42. The number of ether oxygens (including phenoxy) is 5. The van der Waals surface area contributed by atoms with Gasteiger partial charge in [-0.05, 0) is 41.8 Å². The Hall–Kier alpha value is -4.40. The van der Waals surface area contributed by atoms with Gasteiger partial charge in [0.05, 0.1) is 53.2 Å². The molecule has 0 saturated carbocycles. The Balaban J connectivity index is 1.72. The van der Waals surface area contributed by atoms with E-state index in [0.717, 1.165) is 16.9 Å². The van der Waals surface area contributed by atoms with Crippen molar-refractivity contribution in [1.29, 1.82) is 0 Å². The Morgan fingerprint density at radius 3 is 1.90 bits per heavy atom. The van der Waals surface area contributed by atoms with Crippen LogP contribution in [-0.2, 0) is 16.1 Å². The Kier molecular flexibility index (Phi) is 8.81.